The van der Waals surface area contributed by atoms with Crippen molar-refractivity contribution in [2.24, 2.45) is 0 Å². The zero-order valence-electron chi connectivity index (χ0n) is 25.7. The monoisotopic (exact) mass is 614 g/mol. The summed E-state index contributed by atoms with van der Waals surface area (Å²) in [6.45, 7) is 12.5. The van der Waals surface area contributed by atoms with Gasteiger partial charge < -0.3 is 20.2 Å². The van der Waals surface area contributed by atoms with Crippen LogP contribution < -0.4 is 0 Å². The van der Waals surface area contributed by atoms with E-state index in [9.17, 15) is 19.8 Å². The number of allylic oxidation sites excluding steroid dienone is 4. The number of rotatable bonds is 8. The molecule has 4 N–H and O–H groups in total. The molecule has 8 bridgehead atoms. The van der Waals surface area contributed by atoms with Crippen molar-refractivity contribution in [2.45, 2.75) is 80.1 Å². The molecule has 2 aliphatic heterocycles. The molecule has 8 nitrogen and oxygen atoms in total. The Morgan fingerprint density at radius 3 is 1.44 bits per heavy atom. The van der Waals surface area contributed by atoms with E-state index >= 15 is 0 Å². The molecule has 2 aliphatic rings. The van der Waals surface area contributed by atoms with Gasteiger partial charge in [-0.05, 0) is 122 Å². The van der Waals surface area contributed by atoms with Crippen molar-refractivity contribution in [3.8, 4) is 0 Å². The summed E-state index contributed by atoms with van der Waals surface area (Å²) >= 11 is 0. The van der Waals surface area contributed by atoms with Gasteiger partial charge in [0.1, 0.15) is 0 Å². The first-order valence-corrected chi connectivity index (χ1v) is 14.6. The second-order valence-corrected chi connectivity index (χ2v) is 11.2. The van der Waals surface area contributed by atoms with Gasteiger partial charge in [-0.2, -0.15) is 0 Å². The first-order chi connectivity index (χ1) is 20.0. The summed E-state index contributed by atoms with van der Waals surface area (Å²) in [6, 6.07) is 8.19. The third kappa shape index (κ3) is 6.17. The third-order valence-electron chi connectivity index (χ3n) is 8.69. The SMILES string of the molecule is CCc1c(C)c2cc3[nH]c(cc4nc(cc5nc(cc1[nH]2)C(C)=C5CCC(=O)O)C(CCC(=O)O)=C4C)c(C)c3CC.[Ti]. The molecule has 3 aromatic rings. The molecule has 0 saturated carbocycles. The van der Waals surface area contributed by atoms with Crippen molar-refractivity contribution in [3.05, 3.63) is 69.3 Å². The number of hydrogen-bond donors (Lipinski definition) is 4. The first-order valence-electron chi connectivity index (χ1n) is 14.6. The van der Waals surface area contributed by atoms with Crippen LogP contribution >= 0.6 is 0 Å². The van der Waals surface area contributed by atoms with Gasteiger partial charge in [-0.1, -0.05) is 13.8 Å². The maximum absolute atomic E-state index is 11.5. The molecular weight excluding hydrogens is 576 g/mol. The van der Waals surface area contributed by atoms with Gasteiger partial charge >= 0.3 is 11.9 Å². The first kappa shape index (κ1) is 32.2. The zero-order valence-corrected chi connectivity index (χ0v) is 27.2. The van der Waals surface area contributed by atoms with Crippen molar-refractivity contribution >= 4 is 56.3 Å². The Labute approximate surface area is 266 Å². The number of aliphatic carboxylic acids is 2. The number of hydrogen-bond acceptors (Lipinski definition) is 4. The molecule has 0 amide bonds. The standard InChI is InChI=1S/C34H38N4O4.Ti/c1-7-21-17(3)25-13-26-19(5)23(9-11-33(39)40)31(37-26)16-32-24(10-12-34(41)42)20(6)28(38-32)15-30-22(8-2)18(4)27(36-30)14-29(21)35-25;/h13-16,35-36H,7-12H2,1-6H3,(H,39,40)(H,41,42);. The van der Waals surface area contributed by atoms with Crippen LogP contribution in [0.3, 0.4) is 0 Å². The van der Waals surface area contributed by atoms with E-state index < -0.39 is 11.9 Å². The molecule has 0 radical (unpaired) electrons. The molecule has 0 saturated heterocycles. The number of aromatic nitrogens is 4. The fraction of sp³-hybridized carbons (Fsp3) is 0.353. The maximum atomic E-state index is 11.5. The summed E-state index contributed by atoms with van der Waals surface area (Å²) < 4.78 is 0. The van der Waals surface area contributed by atoms with Crippen molar-refractivity contribution in [2.75, 3.05) is 0 Å². The van der Waals surface area contributed by atoms with Crippen LogP contribution in [0.4, 0.5) is 0 Å². The van der Waals surface area contributed by atoms with Crippen LogP contribution in [0.5, 0.6) is 0 Å². The van der Waals surface area contributed by atoms with Gasteiger partial charge in [-0.15, -0.1) is 0 Å². The van der Waals surface area contributed by atoms with Crippen molar-refractivity contribution in [3.63, 3.8) is 0 Å². The molecule has 0 spiro atoms. The van der Waals surface area contributed by atoms with Gasteiger partial charge in [0.25, 0.3) is 0 Å². The Morgan fingerprint density at radius 1 is 0.628 bits per heavy atom. The van der Waals surface area contributed by atoms with Crippen LogP contribution in [-0.4, -0.2) is 42.1 Å². The summed E-state index contributed by atoms with van der Waals surface area (Å²) in [7, 11) is 0. The van der Waals surface area contributed by atoms with E-state index in [1.165, 1.54) is 16.7 Å². The van der Waals surface area contributed by atoms with Crippen LogP contribution in [0.15, 0.2) is 24.3 Å². The van der Waals surface area contributed by atoms with E-state index in [2.05, 4.69) is 49.8 Å². The molecule has 5 rings (SSSR count). The molecule has 0 aromatic carbocycles. The zero-order chi connectivity index (χ0) is 30.3. The fourth-order valence-corrected chi connectivity index (χ4v) is 6.22. The molecule has 222 valence electrons. The second kappa shape index (κ2) is 12.9. The summed E-state index contributed by atoms with van der Waals surface area (Å²) in [6.07, 6.45) is 2.37. The van der Waals surface area contributed by atoms with Gasteiger partial charge in [0.2, 0.25) is 0 Å². The average molecular weight is 615 g/mol. The number of H-pyrrole nitrogens is 2. The largest absolute Gasteiger partial charge is 0.481 e. The Morgan fingerprint density at radius 2 is 1.02 bits per heavy atom. The predicted molar refractivity (Wildman–Crippen MR) is 168 cm³/mol. The topological polar surface area (TPSA) is 132 Å². The molecule has 0 unspecified atom stereocenters. The van der Waals surface area contributed by atoms with E-state index in [1.807, 2.05) is 26.0 Å². The van der Waals surface area contributed by atoms with Crippen LogP contribution in [0.25, 0.3) is 44.4 Å². The maximum Gasteiger partial charge on any atom is 0.303 e. The van der Waals surface area contributed by atoms with Gasteiger partial charge in [0, 0.05) is 56.6 Å². The Balaban J connectivity index is 0.00000423. The number of carboxylic acids is 2. The van der Waals surface area contributed by atoms with E-state index in [0.717, 1.165) is 74.2 Å². The normalized spacial score (nSPS) is 13.0. The minimum absolute atomic E-state index is 0. The minimum Gasteiger partial charge on any atom is -0.481 e. The van der Waals surface area contributed by atoms with Gasteiger partial charge in [-0.25, -0.2) is 9.97 Å². The smallest absolute Gasteiger partial charge is 0.303 e. The predicted octanol–water partition coefficient (Wildman–Crippen LogP) is 7.64. The van der Waals surface area contributed by atoms with E-state index in [4.69, 9.17) is 9.97 Å². The Hall–Kier alpha value is -3.75. The number of carboxylic acid groups (broad SMARTS) is 2. The number of aromatic amines is 2. The Kier molecular flexibility index (Phi) is 9.62. The molecule has 9 heteroatoms. The quantitative estimate of drug-likeness (QED) is 0.193. The molecule has 43 heavy (non-hydrogen) atoms. The molecule has 0 atom stereocenters. The molecule has 3 aromatic heterocycles. The number of nitrogens with one attached hydrogen (secondary N) is 2. The van der Waals surface area contributed by atoms with Gasteiger partial charge in [0.05, 0.1) is 22.8 Å². The molecule has 0 fully saturated rings. The number of nitrogens with zero attached hydrogens (tertiary/aromatic N) is 2. The minimum atomic E-state index is -0.869. The molecule has 5 heterocycles. The Bertz CT molecular complexity index is 1860. The van der Waals surface area contributed by atoms with Gasteiger partial charge in [0.15, 0.2) is 0 Å². The van der Waals surface area contributed by atoms with Crippen molar-refractivity contribution < 1.29 is 41.5 Å². The number of fused-ring (bicyclic) bond motifs is 8. The van der Waals surface area contributed by atoms with Crippen LogP contribution in [-0.2, 0) is 44.1 Å². The van der Waals surface area contributed by atoms with Crippen LogP contribution in [0.1, 0.15) is 98.4 Å². The molecule has 0 aliphatic carbocycles. The second-order valence-electron chi connectivity index (χ2n) is 11.2. The van der Waals surface area contributed by atoms with Gasteiger partial charge in [-0.3, -0.25) is 9.59 Å². The van der Waals surface area contributed by atoms with E-state index in [1.54, 1.807) is 0 Å². The summed E-state index contributed by atoms with van der Waals surface area (Å²) in [5, 5.41) is 18.9. The summed E-state index contributed by atoms with van der Waals surface area (Å²) in [5.74, 6) is -1.74. The van der Waals surface area contributed by atoms with E-state index in [0.29, 0.717) is 24.2 Å². The number of aryl methyl sites for hydroxylation is 4. The fourth-order valence-electron chi connectivity index (χ4n) is 6.22. The third-order valence-corrected chi connectivity index (χ3v) is 8.69. The van der Waals surface area contributed by atoms with Crippen LogP contribution in [0.2, 0.25) is 0 Å². The molecular formula is C34H38N4O4Ti. The number of carbonyl (C=O) groups is 2. The average Bonchev–Trinajstić information content (AvgIpc) is 3.59. The summed E-state index contributed by atoms with van der Waals surface area (Å²) in [5.41, 5.74) is 15.4. The van der Waals surface area contributed by atoms with Crippen molar-refractivity contribution in [1.82, 2.24) is 19.9 Å². The van der Waals surface area contributed by atoms with E-state index in [-0.39, 0.29) is 34.6 Å². The van der Waals surface area contributed by atoms with Crippen LogP contribution in [0, 0.1) is 13.8 Å². The summed E-state index contributed by atoms with van der Waals surface area (Å²) in [4.78, 5) is 40.3. The van der Waals surface area contributed by atoms with Crippen molar-refractivity contribution in [1.29, 1.82) is 0 Å².